The zero-order chi connectivity index (χ0) is 21.1. The number of nitrogens with one attached hydrogen (secondary N) is 1. The van der Waals surface area contributed by atoms with Crippen LogP contribution in [0, 0.1) is 5.92 Å². The van der Waals surface area contributed by atoms with Crippen molar-refractivity contribution >= 4 is 37.3 Å². The second-order valence-electron chi connectivity index (χ2n) is 6.98. The van der Waals surface area contributed by atoms with E-state index in [2.05, 4.69) is 5.32 Å². The van der Waals surface area contributed by atoms with Crippen LogP contribution in [0.4, 0.5) is 0 Å². The highest BCUT2D eigenvalue weighted by atomic mass is 32.2. The maximum absolute atomic E-state index is 12.7. The number of piperidine rings is 1. The Balaban J connectivity index is 1.57. The first-order chi connectivity index (χ1) is 13.6. The van der Waals surface area contributed by atoms with Crippen LogP contribution in [0.15, 0.2) is 46.0 Å². The molecular formula is C18H23N3O5S3. The molecule has 2 aromatic rings. The predicted octanol–water partition coefficient (Wildman–Crippen LogP) is 1.25. The fourth-order valence-electron chi connectivity index (χ4n) is 3.23. The van der Waals surface area contributed by atoms with Gasteiger partial charge in [-0.3, -0.25) is 4.79 Å². The van der Waals surface area contributed by atoms with Crippen molar-refractivity contribution in [1.82, 2.24) is 9.62 Å². The number of hydrogen-bond acceptors (Lipinski definition) is 6. The molecule has 0 aliphatic carbocycles. The Labute approximate surface area is 174 Å². The minimum absolute atomic E-state index is 0.166. The Morgan fingerprint density at radius 1 is 1.14 bits per heavy atom. The molecule has 1 aliphatic heterocycles. The Morgan fingerprint density at radius 3 is 2.45 bits per heavy atom. The number of sulfonamides is 2. The van der Waals surface area contributed by atoms with Crippen LogP contribution >= 0.6 is 11.3 Å². The molecule has 0 radical (unpaired) electrons. The van der Waals surface area contributed by atoms with Gasteiger partial charge >= 0.3 is 0 Å². The molecule has 2 heterocycles. The van der Waals surface area contributed by atoms with Gasteiger partial charge in [-0.2, -0.15) is 4.31 Å². The Hall–Kier alpha value is -1.79. The van der Waals surface area contributed by atoms with Crippen LogP contribution < -0.4 is 10.5 Å². The van der Waals surface area contributed by atoms with Crippen LogP contribution in [0.5, 0.6) is 0 Å². The summed E-state index contributed by atoms with van der Waals surface area (Å²) in [6, 6.07) is 10.0. The van der Waals surface area contributed by atoms with Gasteiger partial charge in [0.25, 0.3) is 10.0 Å². The molecule has 1 fully saturated rings. The first kappa shape index (κ1) is 21.9. The van der Waals surface area contributed by atoms with Gasteiger partial charge in [-0.25, -0.2) is 22.0 Å². The van der Waals surface area contributed by atoms with E-state index >= 15 is 0 Å². The van der Waals surface area contributed by atoms with Crippen molar-refractivity contribution in [3.05, 3.63) is 52.9 Å². The zero-order valence-corrected chi connectivity index (χ0v) is 18.1. The van der Waals surface area contributed by atoms with Crippen molar-refractivity contribution in [1.29, 1.82) is 0 Å². The summed E-state index contributed by atoms with van der Waals surface area (Å²) in [6.07, 6.45) is 1.26. The lowest BCUT2D eigenvalue weighted by atomic mass is 9.98. The Morgan fingerprint density at radius 2 is 1.83 bits per heavy atom. The summed E-state index contributed by atoms with van der Waals surface area (Å²) >= 11 is 1.17. The first-order valence-electron chi connectivity index (χ1n) is 9.05. The molecule has 11 heteroatoms. The van der Waals surface area contributed by atoms with Crippen molar-refractivity contribution in [2.45, 2.75) is 29.3 Å². The number of nitrogens with zero attached hydrogens (tertiary/aromatic N) is 1. The Bertz CT molecular complexity index is 1050. The number of rotatable bonds is 7. The van der Waals surface area contributed by atoms with Crippen molar-refractivity contribution in [3.63, 3.8) is 0 Å². The van der Waals surface area contributed by atoms with E-state index in [1.807, 2.05) is 0 Å². The third-order valence-electron chi connectivity index (χ3n) is 4.70. The van der Waals surface area contributed by atoms with Gasteiger partial charge in [0.05, 0.1) is 11.7 Å². The van der Waals surface area contributed by atoms with Gasteiger partial charge < -0.3 is 5.32 Å². The molecule has 3 rings (SSSR count). The van der Waals surface area contributed by atoms with E-state index in [4.69, 9.17) is 5.14 Å². The zero-order valence-electron chi connectivity index (χ0n) is 15.7. The van der Waals surface area contributed by atoms with E-state index in [0.717, 1.165) is 5.56 Å². The van der Waals surface area contributed by atoms with E-state index in [1.165, 1.54) is 15.6 Å². The fraction of sp³-hybridized carbons (Fsp3) is 0.389. The van der Waals surface area contributed by atoms with Gasteiger partial charge in [-0.15, -0.1) is 11.3 Å². The molecule has 0 unspecified atom stereocenters. The average Bonchev–Trinajstić information content (AvgIpc) is 3.22. The molecule has 1 amide bonds. The van der Waals surface area contributed by atoms with Crippen LogP contribution in [0.1, 0.15) is 24.0 Å². The summed E-state index contributed by atoms with van der Waals surface area (Å²) in [5.41, 5.74) is 1.39. The predicted molar refractivity (Wildman–Crippen MR) is 111 cm³/mol. The molecule has 1 aliphatic rings. The number of thiophene rings is 1. The quantitative estimate of drug-likeness (QED) is 0.647. The second-order valence-corrected chi connectivity index (χ2v) is 11.7. The molecule has 8 nitrogen and oxygen atoms in total. The number of primary sulfonamides is 1. The number of amides is 1. The molecule has 158 valence electrons. The third kappa shape index (κ3) is 5.86. The molecular weight excluding hydrogens is 434 g/mol. The second kappa shape index (κ2) is 8.92. The van der Waals surface area contributed by atoms with Crippen molar-refractivity contribution in [2.75, 3.05) is 13.1 Å². The molecule has 0 spiro atoms. The lowest BCUT2D eigenvalue weighted by molar-refractivity contribution is -0.126. The van der Waals surface area contributed by atoms with Gasteiger partial charge in [-0.05, 0) is 35.4 Å². The van der Waals surface area contributed by atoms with Crippen molar-refractivity contribution in [3.8, 4) is 0 Å². The van der Waals surface area contributed by atoms with Crippen LogP contribution in [-0.2, 0) is 37.1 Å². The lowest BCUT2D eigenvalue weighted by Gasteiger charge is -2.30. The molecule has 1 aromatic carbocycles. The first-order valence-corrected chi connectivity index (χ1v) is 13.1. The van der Waals surface area contributed by atoms with Crippen LogP contribution in [0.3, 0.4) is 0 Å². The third-order valence-corrected chi connectivity index (χ3v) is 8.68. The highest BCUT2D eigenvalue weighted by Gasteiger charge is 2.33. The molecule has 1 atom stereocenters. The van der Waals surface area contributed by atoms with E-state index < -0.39 is 26.0 Å². The normalized spacial score (nSPS) is 18.4. The number of hydrogen-bond donors (Lipinski definition) is 2. The minimum atomic E-state index is -3.59. The largest absolute Gasteiger partial charge is 0.352 e. The molecule has 1 saturated heterocycles. The van der Waals surface area contributed by atoms with E-state index in [0.29, 0.717) is 24.9 Å². The summed E-state index contributed by atoms with van der Waals surface area (Å²) in [6.45, 7) is 0.859. The van der Waals surface area contributed by atoms with Gasteiger partial charge in [-0.1, -0.05) is 30.3 Å². The highest BCUT2D eigenvalue weighted by molar-refractivity contribution is 7.91. The minimum Gasteiger partial charge on any atom is -0.352 e. The smallest absolute Gasteiger partial charge is 0.252 e. The van der Waals surface area contributed by atoms with Crippen molar-refractivity contribution in [2.24, 2.45) is 11.1 Å². The fourth-order valence-corrected chi connectivity index (χ4v) is 6.56. The summed E-state index contributed by atoms with van der Waals surface area (Å²) < 4.78 is 49.3. The Kier molecular flexibility index (Phi) is 6.74. The van der Waals surface area contributed by atoms with Gasteiger partial charge in [0.15, 0.2) is 0 Å². The van der Waals surface area contributed by atoms with Crippen molar-refractivity contribution < 1.29 is 21.6 Å². The number of carbonyl (C=O) groups is 1. The van der Waals surface area contributed by atoms with E-state index in [9.17, 15) is 21.6 Å². The summed E-state index contributed by atoms with van der Waals surface area (Å²) in [7, 11) is -7.15. The van der Waals surface area contributed by atoms with Crippen LogP contribution in [0.2, 0.25) is 0 Å². The number of benzene rings is 1. The summed E-state index contributed by atoms with van der Waals surface area (Å²) in [5, 5.41) is 9.59. The summed E-state index contributed by atoms with van der Waals surface area (Å²) in [4.78, 5) is 12.6. The molecule has 1 aromatic heterocycles. The maximum Gasteiger partial charge on any atom is 0.252 e. The summed E-state index contributed by atoms with van der Waals surface area (Å²) in [5.74, 6) is -0.833. The van der Waals surface area contributed by atoms with Gasteiger partial charge in [0.1, 0.15) is 4.21 Å². The van der Waals surface area contributed by atoms with E-state index in [1.54, 1.807) is 41.8 Å². The standard InChI is InChI=1S/C18H23N3O5S3/c19-28(23,24)13-15-7-5-14(6-8-15)11-20-18(22)16-3-1-9-21(12-16)29(25,26)17-4-2-10-27-17/h2,4-8,10,16H,1,3,9,11-13H2,(H,20,22)(H2,19,23,24)/t16-/m0/s1. The molecule has 0 bridgehead atoms. The number of carbonyl (C=O) groups excluding carboxylic acids is 1. The monoisotopic (exact) mass is 457 g/mol. The van der Waals surface area contributed by atoms with Crippen LogP contribution in [0.25, 0.3) is 0 Å². The molecule has 0 saturated carbocycles. The molecule has 3 N–H and O–H groups in total. The topological polar surface area (TPSA) is 127 Å². The average molecular weight is 458 g/mol. The highest BCUT2D eigenvalue weighted by Crippen LogP contribution is 2.26. The van der Waals surface area contributed by atoms with Crippen LogP contribution in [-0.4, -0.2) is 40.1 Å². The number of nitrogens with two attached hydrogens (primary N) is 1. The SMILES string of the molecule is NS(=O)(=O)Cc1ccc(CNC(=O)[C@H]2CCCN(S(=O)(=O)c3cccs3)C2)cc1. The van der Waals surface area contributed by atoms with Gasteiger partial charge in [0.2, 0.25) is 15.9 Å². The molecule has 29 heavy (non-hydrogen) atoms. The maximum atomic E-state index is 12.7. The van der Waals surface area contributed by atoms with E-state index in [-0.39, 0.29) is 29.0 Å². The lowest BCUT2D eigenvalue weighted by Crippen LogP contribution is -2.45. The van der Waals surface area contributed by atoms with Gasteiger partial charge in [0, 0.05) is 19.6 Å².